The van der Waals surface area contributed by atoms with Crippen LogP contribution in [0.1, 0.15) is 38.5 Å². The highest BCUT2D eigenvalue weighted by atomic mass is 16.4. The molecule has 1 aliphatic heterocycles. The van der Waals surface area contributed by atoms with Gasteiger partial charge in [-0.3, -0.25) is 4.79 Å². The molecular weight excluding hydrogens is 256 g/mol. The highest BCUT2D eigenvalue weighted by molar-refractivity contribution is 5.78. The Balaban J connectivity index is 1.45. The summed E-state index contributed by atoms with van der Waals surface area (Å²) in [5, 5.41) is 12.5. The van der Waals surface area contributed by atoms with Gasteiger partial charge in [-0.25, -0.2) is 4.79 Å². The molecule has 5 nitrogen and oxygen atoms in total. The van der Waals surface area contributed by atoms with Gasteiger partial charge in [0.1, 0.15) is 0 Å². The molecule has 0 aromatic carbocycles. The lowest BCUT2D eigenvalue weighted by molar-refractivity contribution is -0.144. The molecule has 2 N–H and O–H groups in total. The number of hydrogen-bond acceptors (Lipinski definition) is 2. The van der Waals surface area contributed by atoms with Crippen molar-refractivity contribution in [1.82, 2.24) is 10.2 Å². The van der Waals surface area contributed by atoms with Crippen molar-refractivity contribution in [2.75, 3.05) is 6.54 Å². The van der Waals surface area contributed by atoms with Crippen LogP contribution in [0.5, 0.6) is 0 Å². The number of nitrogens with zero attached hydrogens (tertiary/aromatic N) is 1. The minimum Gasteiger partial charge on any atom is -0.481 e. The quantitative estimate of drug-likeness (QED) is 0.807. The molecule has 4 rings (SSSR count). The minimum absolute atomic E-state index is 0.0130. The second kappa shape index (κ2) is 4.37. The summed E-state index contributed by atoms with van der Waals surface area (Å²) in [5.41, 5.74) is 0. The fourth-order valence-electron chi connectivity index (χ4n) is 5.25. The molecule has 4 fully saturated rings. The number of fused-ring (bicyclic) bond motifs is 4. The Morgan fingerprint density at radius 2 is 1.85 bits per heavy atom. The van der Waals surface area contributed by atoms with Gasteiger partial charge in [0.15, 0.2) is 0 Å². The Hall–Kier alpha value is -1.26. The summed E-state index contributed by atoms with van der Waals surface area (Å²) < 4.78 is 0. The van der Waals surface area contributed by atoms with E-state index in [4.69, 9.17) is 0 Å². The lowest BCUT2D eigenvalue weighted by atomic mass is 9.84. The number of urea groups is 1. The van der Waals surface area contributed by atoms with Gasteiger partial charge in [-0.15, -0.1) is 0 Å². The Kier molecular flexibility index (Phi) is 2.72. The molecule has 0 aromatic rings. The molecule has 2 amide bonds. The number of carbonyl (C=O) groups excluding carboxylic acids is 1. The van der Waals surface area contributed by atoms with Crippen molar-refractivity contribution < 1.29 is 14.7 Å². The van der Waals surface area contributed by atoms with Gasteiger partial charge in [0, 0.05) is 18.6 Å². The van der Waals surface area contributed by atoms with Crippen LogP contribution in [0.4, 0.5) is 4.79 Å². The molecule has 110 valence electrons. The lowest BCUT2D eigenvalue weighted by Gasteiger charge is -2.33. The lowest BCUT2D eigenvalue weighted by Crippen LogP contribution is -2.53. The average molecular weight is 278 g/mol. The van der Waals surface area contributed by atoms with Gasteiger partial charge >= 0.3 is 12.0 Å². The topological polar surface area (TPSA) is 69.6 Å². The summed E-state index contributed by atoms with van der Waals surface area (Å²) in [4.78, 5) is 25.9. The van der Waals surface area contributed by atoms with Gasteiger partial charge in [-0.1, -0.05) is 0 Å². The molecular formula is C15H22N2O3. The maximum atomic E-state index is 12.5. The van der Waals surface area contributed by atoms with Crippen LogP contribution in [0.15, 0.2) is 0 Å². The number of nitrogens with one attached hydrogen (secondary N) is 1. The predicted molar refractivity (Wildman–Crippen MR) is 72.1 cm³/mol. The summed E-state index contributed by atoms with van der Waals surface area (Å²) in [5.74, 6) is 0.242. The first-order chi connectivity index (χ1) is 9.63. The van der Waals surface area contributed by atoms with Crippen molar-refractivity contribution in [2.45, 2.75) is 50.6 Å². The van der Waals surface area contributed by atoms with E-state index < -0.39 is 5.97 Å². The number of likely N-dealkylation sites (tertiary alicyclic amines) is 1. The number of carbonyl (C=O) groups is 2. The smallest absolute Gasteiger partial charge is 0.317 e. The summed E-state index contributed by atoms with van der Waals surface area (Å²) in [6.45, 7) is 0.870. The maximum absolute atomic E-state index is 12.5. The average Bonchev–Trinajstić information content (AvgIpc) is 3.17. The molecule has 3 aliphatic carbocycles. The summed E-state index contributed by atoms with van der Waals surface area (Å²) in [6, 6.07) is 0.251. The number of rotatable bonds is 2. The van der Waals surface area contributed by atoms with Crippen LogP contribution >= 0.6 is 0 Å². The van der Waals surface area contributed by atoms with E-state index in [9.17, 15) is 14.7 Å². The van der Waals surface area contributed by atoms with Crippen molar-refractivity contribution >= 4 is 12.0 Å². The van der Waals surface area contributed by atoms with E-state index in [2.05, 4.69) is 5.32 Å². The molecule has 20 heavy (non-hydrogen) atoms. The molecule has 1 saturated heterocycles. The van der Waals surface area contributed by atoms with Crippen molar-refractivity contribution in [2.24, 2.45) is 23.7 Å². The highest BCUT2D eigenvalue weighted by Crippen LogP contribution is 2.48. The monoisotopic (exact) mass is 278 g/mol. The molecule has 0 radical (unpaired) electrons. The molecule has 4 aliphatic rings. The van der Waals surface area contributed by atoms with E-state index in [0.717, 1.165) is 38.6 Å². The van der Waals surface area contributed by atoms with Crippen LogP contribution in [0.2, 0.25) is 0 Å². The van der Waals surface area contributed by atoms with E-state index in [1.807, 2.05) is 4.90 Å². The second-order valence-corrected chi connectivity index (χ2v) is 7.16. The first-order valence-electron chi connectivity index (χ1n) is 7.93. The molecule has 1 heterocycles. The molecule has 0 spiro atoms. The third-order valence-corrected chi connectivity index (χ3v) is 6.16. The van der Waals surface area contributed by atoms with Gasteiger partial charge in [0.2, 0.25) is 0 Å². The maximum Gasteiger partial charge on any atom is 0.317 e. The van der Waals surface area contributed by atoms with E-state index in [-0.39, 0.29) is 23.9 Å². The first-order valence-corrected chi connectivity index (χ1v) is 7.93. The van der Waals surface area contributed by atoms with Gasteiger partial charge in [-0.05, 0) is 56.3 Å². The number of amides is 2. The normalized spacial score (nSPS) is 45.1. The van der Waals surface area contributed by atoms with Crippen molar-refractivity contribution in [3.05, 3.63) is 0 Å². The van der Waals surface area contributed by atoms with E-state index in [1.54, 1.807) is 0 Å². The fraction of sp³-hybridized carbons (Fsp3) is 0.867. The number of aliphatic carboxylic acids is 1. The summed E-state index contributed by atoms with van der Waals surface area (Å²) in [6.07, 6.45) is 6.59. The van der Waals surface area contributed by atoms with Crippen LogP contribution in [-0.2, 0) is 4.79 Å². The zero-order chi connectivity index (χ0) is 13.9. The number of piperidine rings is 1. The van der Waals surface area contributed by atoms with Gasteiger partial charge in [-0.2, -0.15) is 0 Å². The third-order valence-electron chi connectivity index (χ3n) is 6.16. The van der Waals surface area contributed by atoms with E-state index in [1.165, 1.54) is 6.42 Å². The molecule has 6 unspecified atom stereocenters. The zero-order valence-electron chi connectivity index (χ0n) is 11.6. The first kappa shape index (κ1) is 12.5. The largest absolute Gasteiger partial charge is 0.481 e. The van der Waals surface area contributed by atoms with Crippen LogP contribution in [0, 0.1) is 23.7 Å². The predicted octanol–water partition coefficient (Wildman–Crippen LogP) is 1.68. The van der Waals surface area contributed by atoms with Crippen molar-refractivity contribution in [3.8, 4) is 0 Å². The van der Waals surface area contributed by atoms with Crippen LogP contribution < -0.4 is 5.32 Å². The Morgan fingerprint density at radius 1 is 1.05 bits per heavy atom. The Bertz CT molecular complexity index is 452. The zero-order valence-corrected chi connectivity index (χ0v) is 11.6. The summed E-state index contributed by atoms with van der Waals surface area (Å²) in [7, 11) is 0. The van der Waals surface area contributed by atoms with Crippen molar-refractivity contribution in [1.29, 1.82) is 0 Å². The Labute approximate surface area is 118 Å². The number of hydrogen-bond donors (Lipinski definition) is 2. The van der Waals surface area contributed by atoms with Gasteiger partial charge in [0.25, 0.3) is 0 Å². The van der Waals surface area contributed by atoms with Crippen LogP contribution in [0.25, 0.3) is 0 Å². The van der Waals surface area contributed by atoms with Crippen LogP contribution in [-0.4, -0.2) is 40.6 Å². The Morgan fingerprint density at radius 3 is 2.50 bits per heavy atom. The second-order valence-electron chi connectivity index (χ2n) is 7.16. The molecule has 3 saturated carbocycles. The number of carboxylic acid groups (broad SMARTS) is 1. The molecule has 4 bridgehead atoms. The molecule has 0 aromatic heterocycles. The highest BCUT2D eigenvalue weighted by Gasteiger charge is 2.52. The summed E-state index contributed by atoms with van der Waals surface area (Å²) >= 11 is 0. The minimum atomic E-state index is -0.731. The van der Waals surface area contributed by atoms with Crippen LogP contribution in [0.3, 0.4) is 0 Å². The third kappa shape index (κ3) is 1.75. The standard InChI is InChI=1S/C15H22N2O3/c18-14(19)12-9-2-3-10(6-9)13(12)16-15(20)17-7-8-1-4-11(17)5-8/h8-13H,1-7H2,(H,16,20)(H,18,19). The molecule has 6 atom stereocenters. The van der Waals surface area contributed by atoms with Gasteiger partial charge < -0.3 is 15.3 Å². The van der Waals surface area contributed by atoms with Gasteiger partial charge in [0.05, 0.1) is 5.92 Å². The number of carboxylic acids is 1. The van der Waals surface area contributed by atoms with E-state index >= 15 is 0 Å². The van der Waals surface area contributed by atoms with E-state index in [0.29, 0.717) is 17.9 Å². The SMILES string of the molecule is O=C(O)C1C2CCC(C2)C1NC(=O)N1CC2CCC1C2. The molecule has 5 heteroatoms. The van der Waals surface area contributed by atoms with Crippen molar-refractivity contribution in [3.63, 3.8) is 0 Å². The fourth-order valence-corrected chi connectivity index (χ4v) is 5.25.